The lowest BCUT2D eigenvalue weighted by molar-refractivity contribution is -0.205. The summed E-state index contributed by atoms with van der Waals surface area (Å²) in [4.78, 5) is 14.1. The SMILES string of the molecule is CC(=O)O[C@@H]1C(N=[N+]=[N-])C[C@@H](O[Si](C)(C)C(C)(C)C)O[C@H]1C. The maximum Gasteiger partial charge on any atom is 0.303 e. The van der Waals surface area contributed by atoms with E-state index in [0.717, 1.165) is 0 Å². The highest BCUT2D eigenvalue weighted by atomic mass is 28.4. The van der Waals surface area contributed by atoms with Crippen LogP contribution in [0.3, 0.4) is 0 Å². The predicted molar refractivity (Wildman–Crippen MR) is 85.7 cm³/mol. The van der Waals surface area contributed by atoms with Gasteiger partial charge in [0.05, 0.1) is 12.1 Å². The van der Waals surface area contributed by atoms with Crippen LogP contribution < -0.4 is 0 Å². The highest BCUT2D eigenvalue weighted by Crippen LogP contribution is 2.39. The van der Waals surface area contributed by atoms with Crippen LogP contribution in [0.15, 0.2) is 5.11 Å². The van der Waals surface area contributed by atoms with E-state index in [1.165, 1.54) is 6.92 Å². The van der Waals surface area contributed by atoms with Gasteiger partial charge in [-0.3, -0.25) is 4.79 Å². The summed E-state index contributed by atoms with van der Waals surface area (Å²) in [5, 5.41) is 3.83. The van der Waals surface area contributed by atoms with Crippen LogP contribution in [0.5, 0.6) is 0 Å². The molecule has 0 bridgehead atoms. The molecule has 0 radical (unpaired) electrons. The minimum absolute atomic E-state index is 0.0559. The van der Waals surface area contributed by atoms with Gasteiger partial charge in [0.1, 0.15) is 12.4 Å². The Morgan fingerprint density at radius 1 is 1.41 bits per heavy atom. The van der Waals surface area contributed by atoms with Crippen molar-refractivity contribution in [3.05, 3.63) is 10.4 Å². The molecule has 1 aliphatic heterocycles. The van der Waals surface area contributed by atoms with Crippen molar-refractivity contribution in [2.24, 2.45) is 5.11 Å². The Bertz CT molecular complexity index is 457. The fourth-order valence-electron chi connectivity index (χ4n) is 2.14. The topological polar surface area (TPSA) is 93.5 Å². The van der Waals surface area contributed by atoms with Crippen LogP contribution in [0, 0.1) is 0 Å². The molecule has 0 saturated carbocycles. The number of nitrogens with zero attached hydrogens (tertiary/aromatic N) is 3. The van der Waals surface area contributed by atoms with E-state index in [-0.39, 0.29) is 11.1 Å². The van der Waals surface area contributed by atoms with Gasteiger partial charge in [0.25, 0.3) is 0 Å². The van der Waals surface area contributed by atoms with Gasteiger partial charge in [-0.2, -0.15) is 0 Å². The van der Waals surface area contributed by atoms with Gasteiger partial charge in [0.15, 0.2) is 8.32 Å². The minimum atomic E-state index is -2.00. The third kappa shape index (κ3) is 4.71. The number of ether oxygens (including phenoxy) is 2. The summed E-state index contributed by atoms with van der Waals surface area (Å²) in [5.74, 6) is -0.414. The Morgan fingerprint density at radius 3 is 2.45 bits per heavy atom. The number of rotatable bonds is 4. The molecule has 1 saturated heterocycles. The summed E-state index contributed by atoms with van der Waals surface area (Å²) >= 11 is 0. The van der Waals surface area contributed by atoms with Gasteiger partial charge in [0.2, 0.25) is 0 Å². The molecular formula is C14H27N3O4Si. The molecule has 1 aliphatic rings. The molecule has 1 unspecified atom stereocenters. The van der Waals surface area contributed by atoms with Crippen LogP contribution >= 0.6 is 0 Å². The van der Waals surface area contributed by atoms with Crippen LogP contribution in [0.25, 0.3) is 10.4 Å². The summed E-state index contributed by atoms with van der Waals surface area (Å²) in [6.45, 7) is 13.9. The zero-order valence-electron chi connectivity index (χ0n) is 14.5. The van der Waals surface area contributed by atoms with Crippen LogP contribution in [0.2, 0.25) is 18.1 Å². The molecule has 0 amide bonds. The van der Waals surface area contributed by atoms with Crippen molar-refractivity contribution < 1.29 is 18.7 Å². The third-order valence-corrected chi connectivity index (χ3v) is 8.84. The average Bonchev–Trinajstić information content (AvgIpc) is 2.31. The highest BCUT2D eigenvalue weighted by Gasteiger charge is 2.44. The summed E-state index contributed by atoms with van der Waals surface area (Å²) < 4.78 is 17.3. The Hall–Kier alpha value is -1.08. The van der Waals surface area contributed by atoms with E-state index in [0.29, 0.717) is 6.42 Å². The number of hydrogen-bond acceptors (Lipinski definition) is 5. The Morgan fingerprint density at radius 2 is 2.00 bits per heavy atom. The zero-order valence-corrected chi connectivity index (χ0v) is 15.5. The van der Waals surface area contributed by atoms with Crippen LogP contribution in [-0.4, -0.2) is 38.8 Å². The lowest BCUT2D eigenvalue weighted by Gasteiger charge is -2.44. The van der Waals surface area contributed by atoms with Crippen molar-refractivity contribution in [3.8, 4) is 0 Å². The zero-order chi connectivity index (χ0) is 17.1. The van der Waals surface area contributed by atoms with Crippen molar-refractivity contribution in [1.29, 1.82) is 0 Å². The van der Waals surface area contributed by atoms with Gasteiger partial charge >= 0.3 is 5.97 Å². The second-order valence-corrected chi connectivity index (χ2v) is 12.0. The van der Waals surface area contributed by atoms with Crippen LogP contribution in [0.4, 0.5) is 0 Å². The quantitative estimate of drug-likeness (QED) is 0.258. The van der Waals surface area contributed by atoms with Gasteiger partial charge in [-0.25, -0.2) is 0 Å². The first kappa shape index (κ1) is 19.0. The lowest BCUT2D eigenvalue weighted by Crippen LogP contribution is -2.53. The number of hydrogen-bond donors (Lipinski definition) is 0. The second-order valence-electron chi connectivity index (χ2n) is 7.23. The van der Waals surface area contributed by atoms with E-state index >= 15 is 0 Å². The van der Waals surface area contributed by atoms with Gasteiger partial charge in [-0.1, -0.05) is 25.9 Å². The molecule has 22 heavy (non-hydrogen) atoms. The number of carbonyl (C=O) groups is 1. The van der Waals surface area contributed by atoms with Gasteiger partial charge in [-0.05, 0) is 30.6 Å². The molecule has 0 N–H and O–H groups in total. The van der Waals surface area contributed by atoms with Crippen molar-refractivity contribution in [2.75, 3.05) is 0 Å². The molecule has 0 aromatic heterocycles. The molecule has 8 heteroatoms. The fraction of sp³-hybridized carbons (Fsp3) is 0.929. The summed E-state index contributed by atoms with van der Waals surface area (Å²) in [5.41, 5.74) is 8.75. The first-order valence-electron chi connectivity index (χ1n) is 7.52. The Kier molecular flexibility index (Phi) is 6.03. The predicted octanol–water partition coefficient (Wildman–Crippen LogP) is 3.75. The third-order valence-electron chi connectivity index (χ3n) is 4.38. The Labute approximate surface area is 133 Å². The monoisotopic (exact) mass is 329 g/mol. The van der Waals surface area contributed by atoms with E-state index in [2.05, 4.69) is 43.9 Å². The van der Waals surface area contributed by atoms with Crippen molar-refractivity contribution in [3.63, 3.8) is 0 Å². The molecular weight excluding hydrogens is 302 g/mol. The molecule has 126 valence electrons. The van der Waals surface area contributed by atoms with Crippen molar-refractivity contribution >= 4 is 14.3 Å². The van der Waals surface area contributed by atoms with Crippen LogP contribution in [0.1, 0.15) is 41.0 Å². The standard InChI is InChI=1S/C14H27N3O4Si/c1-9-13(20-10(2)18)11(16-17-15)8-12(19-9)21-22(6,7)14(3,4)5/h9,11-13H,8H2,1-7H3/t9-,11?,12+,13-/m0/s1. The molecule has 1 fully saturated rings. The second kappa shape index (κ2) is 7.00. The molecule has 1 heterocycles. The molecule has 0 aliphatic carbocycles. The van der Waals surface area contributed by atoms with Crippen molar-refractivity contribution in [2.45, 2.75) is 83.7 Å². The van der Waals surface area contributed by atoms with Gasteiger partial charge in [0, 0.05) is 18.3 Å². The first-order chi connectivity index (χ1) is 9.98. The van der Waals surface area contributed by atoms with E-state index in [9.17, 15) is 4.79 Å². The van der Waals surface area contributed by atoms with Crippen molar-refractivity contribution in [1.82, 2.24) is 0 Å². The fourth-order valence-corrected chi connectivity index (χ4v) is 3.31. The number of carbonyl (C=O) groups excluding carboxylic acids is 1. The highest BCUT2D eigenvalue weighted by molar-refractivity contribution is 6.74. The molecule has 0 spiro atoms. The molecule has 7 nitrogen and oxygen atoms in total. The normalized spacial score (nSPS) is 29.6. The summed E-state index contributed by atoms with van der Waals surface area (Å²) in [7, 11) is -2.00. The molecule has 1 rings (SSSR count). The smallest absolute Gasteiger partial charge is 0.303 e. The Balaban J connectivity index is 2.87. The average molecular weight is 329 g/mol. The molecule has 4 atom stereocenters. The maximum absolute atomic E-state index is 11.2. The maximum atomic E-state index is 11.2. The summed E-state index contributed by atoms with van der Waals surface area (Å²) in [6.07, 6.45) is -1.02. The molecule has 0 aromatic carbocycles. The van der Waals surface area contributed by atoms with E-state index in [1.807, 2.05) is 0 Å². The van der Waals surface area contributed by atoms with E-state index in [4.69, 9.17) is 19.4 Å². The number of esters is 1. The van der Waals surface area contributed by atoms with E-state index in [1.54, 1.807) is 6.92 Å². The minimum Gasteiger partial charge on any atom is -0.459 e. The summed E-state index contributed by atoms with van der Waals surface area (Å²) in [6, 6.07) is -0.479. The van der Waals surface area contributed by atoms with Gasteiger partial charge in [-0.15, -0.1) is 0 Å². The van der Waals surface area contributed by atoms with Gasteiger partial charge < -0.3 is 13.9 Å². The number of azide groups is 1. The first-order valence-corrected chi connectivity index (χ1v) is 10.4. The lowest BCUT2D eigenvalue weighted by atomic mass is 10.0. The van der Waals surface area contributed by atoms with E-state index < -0.39 is 32.7 Å². The van der Waals surface area contributed by atoms with Crippen LogP contribution in [-0.2, 0) is 18.7 Å². The largest absolute Gasteiger partial charge is 0.459 e. The molecule has 0 aromatic rings.